The molecule has 0 unspecified atom stereocenters. The summed E-state index contributed by atoms with van der Waals surface area (Å²) < 4.78 is 16.7. The predicted molar refractivity (Wildman–Crippen MR) is 134 cm³/mol. The first-order valence-electron chi connectivity index (χ1n) is 12.2. The van der Waals surface area contributed by atoms with Gasteiger partial charge < -0.3 is 29.1 Å². The van der Waals surface area contributed by atoms with Crippen LogP contribution in [0.15, 0.2) is 48.0 Å². The van der Waals surface area contributed by atoms with E-state index in [9.17, 15) is 14.7 Å². The van der Waals surface area contributed by atoms with Gasteiger partial charge in [-0.05, 0) is 35.9 Å². The number of anilines is 1. The maximum atomic E-state index is 13.3. The minimum Gasteiger partial charge on any atom is -0.507 e. The highest BCUT2D eigenvalue weighted by atomic mass is 16.6. The number of aliphatic hydroxyl groups is 1. The number of carbonyl (C=O) groups is 2. The molecule has 5 rings (SSSR count). The van der Waals surface area contributed by atoms with Crippen LogP contribution in [0.5, 0.6) is 11.5 Å². The van der Waals surface area contributed by atoms with Crippen LogP contribution in [0.3, 0.4) is 0 Å². The third-order valence-electron chi connectivity index (χ3n) is 6.84. The molecule has 36 heavy (non-hydrogen) atoms. The van der Waals surface area contributed by atoms with Crippen molar-refractivity contribution in [3.63, 3.8) is 0 Å². The van der Waals surface area contributed by atoms with E-state index in [1.54, 1.807) is 23.1 Å². The second-order valence-corrected chi connectivity index (χ2v) is 9.29. The number of rotatable bonds is 6. The number of hydrogen-bond acceptors (Lipinski definition) is 8. The van der Waals surface area contributed by atoms with Crippen molar-refractivity contribution < 1.29 is 28.9 Å². The molecule has 3 aliphatic heterocycles. The SMILES string of the molecule is CN(C)c1ccc([C@H]2/C(=C(\O)c3ccc4c(c3)OCCO4)C(=O)C(=O)N2CCN2CCOCC2)cc1. The van der Waals surface area contributed by atoms with Crippen molar-refractivity contribution in [2.75, 3.05) is 71.6 Å². The number of aliphatic hydroxyl groups excluding tert-OH is 1. The molecule has 2 saturated heterocycles. The van der Waals surface area contributed by atoms with Crippen LogP contribution in [0.25, 0.3) is 5.76 Å². The van der Waals surface area contributed by atoms with E-state index in [0.29, 0.717) is 56.6 Å². The molecule has 9 heteroatoms. The molecule has 2 fully saturated rings. The number of carbonyl (C=O) groups excluding carboxylic acids is 2. The minimum atomic E-state index is -0.699. The molecule has 0 aliphatic carbocycles. The Morgan fingerprint density at radius 1 is 0.944 bits per heavy atom. The Bertz CT molecular complexity index is 1170. The first kappa shape index (κ1) is 24.1. The molecule has 0 aromatic heterocycles. The van der Waals surface area contributed by atoms with Crippen LogP contribution in [0, 0.1) is 0 Å². The molecular formula is C27H31N3O6. The average Bonchev–Trinajstić information content (AvgIpc) is 3.16. The number of morpholine rings is 1. The number of amides is 1. The van der Waals surface area contributed by atoms with Gasteiger partial charge in [-0.2, -0.15) is 0 Å². The minimum absolute atomic E-state index is 0.0799. The van der Waals surface area contributed by atoms with Crippen molar-refractivity contribution >= 4 is 23.1 Å². The van der Waals surface area contributed by atoms with Crippen molar-refractivity contribution in [3.05, 3.63) is 59.2 Å². The van der Waals surface area contributed by atoms with E-state index in [4.69, 9.17) is 14.2 Å². The monoisotopic (exact) mass is 493 g/mol. The van der Waals surface area contributed by atoms with E-state index in [-0.39, 0.29) is 11.3 Å². The van der Waals surface area contributed by atoms with Gasteiger partial charge >= 0.3 is 0 Å². The van der Waals surface area contributed by atoms with E-state index < -0.39 is 17.7 Å². The first-order chi connectivity index (χ1) is 17.4. The van der Waals surface area contributed by atoms with E-state index in [1.807, 2.05) is 43.3 Å². The summed E-state index contributed by atoms with van der Waals surface area (Å²) in [6.45, 7) is 4.70. The summed E-state index contributed by atoms with van der Waals surface area (Å²) in [6.07, 6.45) is 0. The third-order valence-corrected chi connectivity index (χ3v) is 6.84. The Kier molecular flexibility index (Phi) is 6.84. The molecule has 190 valence electrons. The van der Waals surface area contributed by atoms with E-state index in [0.717, 1.165) is 24.3 Å². The summed E-state index contributed by atoms with van der Waals surface area (Å²) in [5.41, 5.74) is 2.24. The lowest BCUT2D eigenvalue weighted by Gasteiger charge is -2.31. The lowest BCUT2D eigenvalue weighted by atomic mass is 9.95. The predicted octanol–water partition coefficient (Wildman–Crippen LogP) is 2.28. The summed E-state index contributed by atoms with van der Waals surface area (Å²) in [7, 11) is 3.90. The van der Waals surface area contributed by atoms with Gasteiger partial charge in [0.15, 0.2) is 11.5 Å². The molecule has 1 amide bonds. The molecule has 0 spiro atoms. The highest BCUT2D eigenvalue weighted by Gasteiger charge is 2.46. The summed E-state index contributed by atoms with van der Waals surface area (Å²) >= 11 is 0. The number of ether oxygens (including phenoxy) is 3. The number of Topliss-reactive ketones (excluding diaryl/α,β-unsaturated/α-hetero) is 1. The highest BCUT2D eigenvalue weighted by molar-refractivity contribution is 6.46. The van der Waals surface area contributed by atoms with E-state index in [1.165, 1.54) is 0 Å². The summed E-state index contributed by atoms with van der Waals surface area (Å²) in [5, 5.41) is 11.4. The lowest BCUT2D eigenvalue weighted by molar-refractivity contribution is -0.140. The number of likely N-dealkylation sites (tertiary alicyclic amines) is 1. The summed E-state index contributed by atoms with van der Waals surface area (Å²) in [4.78, 5) is 32.3. The number of nitrogens with zero attached hydrogens (tertiary/aromatic N) is 3. The van der Waals surface area contributed by atoms with Crippen molar-refractivity contribution in [1.29, 1.82) is 0 Å². The van der Waals surface area contributed by atoms with Crippen LogP contribution >= 0.6 is 0 Å². The highest BCUT2D eigenvalue weighted by Crippen LogP contribution is 2.41. The van der Waals surface area contributed by atoms with Gasteiger partial charge in [-0.15, -0.1) is 0 Å². The van der Waals surface area contributed by atoms with Gasteiger partial charge in [-0.1, -0.05) is 12.1 Å². The fourth-order valence-corrected chi connectivity index (χ4v) is 4.83. The normalized spacial score (nSPS) is 21.6. The second kappa shape index (κ2) is 10.2. The Labute approximate surface area is 210 Å². The summed E-state index contributed by atoms with van der Waals surface area (Å²) in [5.74, 6) is -0.436. The molecule has 2 aromatic carbocycles. The zero-order valence-electron chi connectivity index (χ0n) is 20.6. The topological polar surface area (TPSA) is 91.8 Å². The largest absolute Gasteiger partial charge is 0.507 e. The molecule has 3 aliphatic rings. The van der Waals surface area contributed by atoms with Gasteiger partial charge in [0.05, 0.1) is 24.8 Å². The zero-order valence-corrected chi connectivity index (χ0v) is 20.6. The van der Waals surface area contributed by atoms with Gasteiger partial charge in [0.1, 0.15) is 19.0 Å². The standard InChI is InChI=1S/C27H31N3O6/c1-28(2)20-6-3-18(4-7-20)24-23(25(31)19-5-8-21-22(17-19)36-16-15-35-21)26(32)27(33)30(24)10-9-29-11-13-34-14-12-29/h3-8,17,24,31H,9-16H2,1-2H3/b25-23+/t24-/m0/s1. The van der Waals surface area contributed by atoms with Gasteiger partial charge in [0, 0.05) is 51.5 Å². The number of fused-ring (bicyclic) bond motifs is 1. The fraction of sp³-hybridized carbons (Fsp3) is 0.407. The van der Waals surface area contributed by atoms with Crippen molar-refractivity contribution in [3.8, 4) is 11.5 Å². The van der Waals surface area contributed by atoms with E-state index >= 15 is 0 Å². The average molecular weight is 494 g/mol. The van der Waals surface area contributed by atoms with Crippen molar-refractivity contribution in [1.82, 2.24) is 9.80 Å². The molecule has 3 heterocycles. The Hall–Kier alpha value is -3.56. The molecule has 9 nitrogen and oxygen atoms in total. The Morgan fingerprint density at radius 3 is 2.33 bits per heavy atom. The summed E-state index contributed by atoms with van der Waals surface area (Å²) in [6, 6.07) is 12.0. The first-order valence-corrected chi connectivity index (χ1v) is 12.2. The molecule has 2 aromatic rings. The van der Waals surface area contributed by atoms with Crippen LogP contribution in [0.2, 0.25) is 0 Å². The fourth-order valence-electron chi connectivity index (χ4n) is 4.83. The van der Waals surface area contributed by atoms with Crippen LogP contribution in [-0.4, -0.2) is 93.3 Å². The maximum Gasteiger partial charge on any atom is 0.295 e. The second-order valence-electron chi connectivity index (χ2n) is 9.29. The molecule has 0 bridgehead atoms. The molecule has 0 radical (unpaired) electrons. The van der Waals surface area contributed by atoms with Gasteiger partial charge in [0.2, 0.25) is 0 Å². The molecule has 1 N–H and O–H groups in total. The Balaban J connectivity index is 1.53. The van der Waals surface area contributed by atoms with Crippen molar-refractivity contribution in [2.24, 2.45) is 0 Å². The van der Waals surface area contributed by atoms with Crippen LogP contribution in [0.4, 0.5) is 5.69 Å². The molecule has 1 atom stereocenters. The molecule has 0 saturated carbocycles. The van der Waals surface area contributed by atoms with Crippen molar-refractivity contribution in [2.45, 2.75) is 6.04 Å². The van der Waals surface area contributed by atoms with Crippen LogP contribution in [-0.2, 0) is 14.3 Å². The quantitative estimate of drug-likeness (QED) is 0.372. The van der Waals surface area contributed by atoms with Crippen LogP contribution in [0.1, 0.15) is 17.2 Å². The number of ketones is 1. The molecular weight excluding hydrogens is 462 g/mol. The van der Waals surface area contributed by atoms with Gasteiger partial charge in [-0.25, -0.2) is 0 Å². The van der Waals surface area contributed by atoms with Crippen LogP contribution < -0.4 is 14.4 Å². The Morgan fingerprint density at radius 2 is 1.64 bits per heavy atom. The zero-order chi connectivity index (χ0) is 25.2. The third kappa shape index (κ3) is 4.64. The van der Waals surface area contributed by atoms with Gasteiger partial charge in [-0.3, -0.25) is 14.5 Å². The van der Waals surface area contributed by atoms with E-state index in [2.05, 4.69) is 4.90 Å². The number of hydrogen-bond donors (Lipinski definition) is 1. The number of benzene rings is 2. The smallest absolute Gasteiger partial charge is 0.295 e. The lowest BCUT2D eigenvalue weighted by Crippen LogP contribution is -2.42. The van der Waals surface area contributed by atoms with Gasteiger partial charge in [0.25, 0.3) is 11.7 Å². The maximum absolute atomic E-state index is 13.3.